The van der Waals surface area contributed by atoms with Crippen LogP contribution in [0, 0.1) is 0 Å². The number of alkyl halides is 1. The van der Waals surface area contributed by atoms with Crippen molar-refractivity contribution in [3.05, 3.63) is 29.3 Å². The van der Waals surface area contributed by atoms with Crippen molar-refractivity contribution in [2.24, 2.45) is 0 Å². The smallest absolute Gasteiger partial charge is 0.231 e. The molecular formula is C16H22BrNO. The number of fused-ring (bicyclic) bond motifs is 1. The first-order chi connectivity index (χ1) is 9.13. The van der Waals surface area contributed by atoms with Gasteiger partial charge >= 0.3 is 0 Å². The van der Waals surface area contributed by atoms with Gasteiger partial charge in [-0.25, -0.2) is 0 Å². The summed E-state index contributed by atoms with van der Waals surface area (Å²) in [5.74, 6) is 0.196. The SMILES string of the molecule is CCCCCCC(Br)c1ccc2c(c1)CC(=O)N2C. The van der Waals surface area contributed by atoms with Crippen molar-refractivity contribution >= 4 is 27.5 Å². The molecule has 19 heavy (non-hydrogen) atoms. The average molecular weight is 324 g/mol. The molecule has 1 aliphatic heterocycles. The Morgan fingerprint density at radius 3 is 2.84 bits per heavy atom. The van der Waals surface area contributed by atoms with E-state index in [-0.39, 0.29) is 5.91 Å². The Bertz CT molecular complexity index is 458. The highest BCUT2D eigenvalue weighted by Crippen LogP contribution is 2.34. The summed E-state index contributed by atoms with van der Waals surface area (Å²) in [5, 5.41) is 0. The number of amides is 1. The van der Waals surface area contributed by atoms with Crippen LogP contribution in [0.15, 0.2) is 18.2 Å². The minimum absolute atomic E-state index is 0.196. The summed E-state index contributed by atoms with van der Waals surface area (Å²) < 4.78 is 0. The van der Waals surface area contributed by atoms with E-state index in [0.717, 1.165) is 5.69 Å². The van der Waals surface area contributed by atoms with Gasteiger partial charge in [0, 0.05) is 17.6 Å². The molecule has 2 nitrogen and oxygen atoms in total. The predicted molar refractivity (Wildman–Crippen MR) is 84.0 cm³/mol. The highest BCUT2D eigenvalue weighted by Gasteiger charge is 2.24. The van der Waals surface area contributed by atoms with Gasteiger partial charge in [0.2, 0.25) is 5.91 Å². The number of halogens is 1. The molecule has 0 aromatic heterocycles. The molecule has 0 spiro atoms. The van der Waals surface area contributed by atoms with Crippen LogP contribution in [0.2, 0.25) is 0 Å². The monoisotopic (exact) mass is 323 g/mol. The average Bonchev–Trinajstić information content (AvgIpc) is 2.69. The maximum Gasteiger partial charge on any atom is 0.231 e. The predicted octanol–water partition coefficient (Wildman–Crippen LogP) is 4.61. The molecule has 1 aromatic carbocycles. The maximum atomic E-state index is 11.7. The number of nitrogens with zero attached hydrogens (tertiary/aromatic N) is 1. The fourth-order valence-electron chi connectivity index (χ4n) is 2.60. The van der Waals surface area contributed by atoms with Crippen molar-refractivity contribution in [2.45, 2.75) is 50.3 Å². The van der Waals surface area contributed by atoms with Gasteiger partial charge in [-0.05, 0) is 23.6 Å². The van der Waals surface area contributed by atoms with Crippen LogP contribution in [0.3, 0.4) is 0 Å². The minimum Gasteiger partial charge on any atom is -0.315 e. The van der Waals surface area contributed by atoms with Crippen LogP contribution in [0.5, 0.6) is 0 Å². The number of benzene rings is 1. The number of unbranched alkanes of at least 4 members (excludes halogenated alkanes) is 3. The third-order valence-electron chi connectivity index (χ3n) is 3.85. The van der Waals surface area contributed by atoms with Crippen LogP contribution < -0.4 is 4.90 Å². The van der Waals surface area contributed by atoms with Crippen molar-refractivity contribution < 1.29 is 4.79 Å². The second kappa shape index (κ2) is 6.56. The summed E-state index contributed by atoms with van der Waals surface area (Å²) in [6, 6.07) is 6.42. The van der Waals surface area contributed by atoms with Crippen LogP contribution in [0.1, 0.15) is 55.0 Å². The second-order valence-electron chi connectivity index (χ2n) is 5.33. The van der Waals surface area contributed by atoms with E-state index in [1.807, 2.05) is 7.05 Å². The molecule has 2 rings (SSSR count). The van der Waals surface area contributed by atoms with E-state index in [0.29, 0.717) is 11.2 Å². The molecule has 3 heteroatoms. The lowest BCUT2D eigenvalue weighted by Gasteiger charge is -2.13. The Labute approximate surface area is 124 Å². The summed E-state index contributed by atoms with van der Waals surface area (Å²) in [7, 11) is 1.85. The molecule has 0 N–H and O–H groups in total. The zero-order valence-corrected chi connectivity index (χ0v) is 13.4. The molecule has 0 radical (unpaired) electrons. The van der Waals surface area contributed by atoms with Crippen molar-refractivity contribution in [2.75, 3.05) is 11.9 Å². The molecule has 0 bridgehead atoms. The van der Waals surface area contributed by atoms with Crippen LogP contribution in [-0.2, 0) is 11.2 Å². The first-order valence-electron chi connectivity index (χ1n) is 7.17. The summed E-state index contributed by atoms with van der Waals surface area (Å²) >= 11 is 3.78. The zero-order valence-electron chi connectivity index (χ0n) is 11.8. The second-order valence-corrected chi connectivity index (χ2v) is 6.44. The number of rotatable bonds is 6. The molecule has 1 heterocycles. The van der Waals surface area contributed by atoms with Gasteiger partial charge in [0.05, 0.1) is 6.42 Å². The van der Waals surface area contributed by atoms with Crippen molar-refractivity contribution in [3.8, 4) is 0 Å². The lowest BCUT2D eigenvalue weighted by molar-refractivity contribution is -0.117. The number of carbonyl (C=O) groups excluding carboxylic acids is 1. The Morgan fingerprint density at radius 2 is 2.11 bits per heavy atom. The van der Waals surface area contributed by atoms with Crippen molar-refractivity contribution in [1.82, 2.24) is 0 Å². The van der Waals surface area contributed by atoms with E-state index in [4.69, 9.17) is 0 Å². The lowest BCUT2D eigenvalue weighted by atomic mass is 10.0. The highest BCUT2D eigenvalue weighted by molar-refractivity contribution is 9.09. The summed E-state index contributed by atoms with van der Waals surface area (Å²) in [6.45, 7) is 2.24. The van der Waals surface area contributed by atoms with Gasteiger partial charge in [0.15, 0.2) is 0 Å². The van der Waals surface area contributed by atoms with Gasteiger partial charge in [-0.2, -0.15) is 0 Å². The van der Waals surface area contributed by atoms with Crippen LogP contribution >= 0.6 is 15.9 Å². The number of anilines is 1. The van der Waals surface area contributed by atoms with Gasteiger partial charge in [-0.3, -0.25) is 4.79 Å². The Hall–Kier alpha value is -0.830. The summed E-state index contributed by atoms with van der Waals surface area (Å²) in [5.41, 5.74) is 3.54. The van der Waals surface area contributed by atoms with Gasteiger partial charge in [-0.15, -0.1) is 0 Å². The molecule has 1 aromatic rings. The van der Waals surface area contributed by atoms with Crippen LogP contribution in [0.4, 0.5) is 5.69 Å². The molecule has 0 saturated heterocycles. The Balaban J connectivity index is 1.99. The third-order valence-corrected chi connectivity index (χ3v) is 4.84. The van der Waals surface area contributed by atoms with Crippen LogP contribution in [-0.4, -0.2) is 13.0 Å². The largest absolute Gasteiger partial charge is 0.315 e. The van der Waals surface area contributed by atoms with Gasteiger partial charge < -0.3 is 4.90 Å². The molecule has 104 valence electrons. The topological polar surface area (TPSA) is 20.3 Å². The quantitative estimate of drug-likeness (QED) is 0.553. The normalized spacial score (nSPS) is 15.7. The highest BCUT2D eigenvalue weighted by atomic mass is 79.9. The number of hydrogen-bond acceptors (Lipinski definition) is 1. The van der Waals surface area contributed by atoms with Crippen molar-refractivity contribution in [3.63, 3.8) is 0 Å². The van der Waals surface area contributed by atoms with Gasteiger partial charge in [0.1, 0.15) is 0 Å². The first kappa shape index (κ1) is 14.6. The van der Waals surface area contributed by atoms with E-state index in [1.54, 1.807) is 4.90 Å². The minimum atomic E-state index is 0.196. The molecule has 1 atom stereocenters. The molecule has 0 aliphatic carbocycles. The summed E-state index contributed by atoms with van der Waals surface area (Å²) in [4.78, 5) is 13.8. The van der Waals surface area contributed by atoms with E-state index < -0.39 is 0 Å². The van der Waals surface area contributed by atoms with E-state index in [9.17, 15) is 4.79 Å². The first-order valence-corrected chi connectivity index (χ1v) is 8.08. The standard InChI is InChI=1S/C16H22BrNO/c1-3-4-5-6-7-14(17)12-8-9-15-13(10-12)11-16(19)18(15)2/h8-10,14H,3-7,11H2,1-2H3. The van der Waals surface area contributed by atoms with E-state index >= 15 is 0 Å². The van der Waals surface area contributed by atoms with Gasteiger partial charge in [0.25, 0.3) is 0 Å². The summed E-state index contributed by atoms with van der Waals surface area (Å²) in [6.07, 6.45) is 6.89. The maximum absolute atomic E-state index is 11.7. The number of carbonyl (C=O) groups is 1. The zero-order chi connectivity index (χ0) is 13.8. The van der Waals surface area contributed by atoms with Crippen molar-refractivity contribution in [1.29, 1.82) is 0 Å². The fraction of sp³-hybridized carbons (Fsp3) is 0.562. The molecule has 0 saturated carbocycles. The van der Waals surface area contributed by atoms with E-state index in [1.165, 1.54) is 43.2 Å². The molecule has 1 aliphatic rings. The van der Waals surface area contributed by atoms with Gasteiger partial charge in [-0.1, -0.05) is 60.7 Å². The molecule has 1 unspecified atom stereocenters. The Kier molecular flexibility index (Phi) is 5.03. The molecular weight excluding hydrogens is 302 g/mol. The lowest BCUT2D eigenvalue weighted by Crippen LogP contribution is -2.20. The number of likely N-dealkylation sites (N-methyl/N-ethyl adjacent to an activating group) is 1. The molecule has 0 fully saturated rings. The Morgan fingerprint density at radius 1 is 1.32 bits per heavy atom. The van der Waals surface area contributed by atoms with Crippen LogP contribution in [0.25, 0.3) is 0 Å². The molecule has 1 amide bonds. The third kappa shape index (κ3) is 3.38. The number of hydrogen-bond donors (Lipinski definition) is 0. The van der Waals surface area contributed by atoms with E-state index in [2.05, 4.69) is 41.1 Å². The fourth-order valence-corrected chi connectivity index (χ4v) is 3.21.